The van der Waals surface area contributed by atoms with Crippen LogP contribution in [0, 0.1) is 10.8 Å². The van der Waals surface area contributed by atoms with Gasteiger partial charge in [-0.1, -0.05) is 107 Å². The van der Waals surface area contributed by atoms with Crippen LogP contribution in [0.15, 0.2) is 9.98 Å². The minimum Gasteiger partial charge on any atom is -0.448 e. The molecule has 240 valence electrons. The van der Waals surface area contributed by atoms with Crippen LogP contribution in [-0.2, 0) is 4.74 Å². The lowest BCUT2D eigenvalue weighted by atomic mass is 10.3. The lowest BCUT2D eigenvalue weighted by molar-refractivity contribution is 0.163. The van der Waals surface area contributed by atoms with E-state index in [-0.39, 0.29) is 12.1 Å². The van der Waals surface area contributed by atoms with Crippen LogP contribution in [-0.4, -0.2) is 69.5 Å². The minimum atomic E-state index is -0.208. The maximum atomic E-state index is 10.3. The third-order valence-corrected chi connectivity index (χ3v) is 3.08. The van der Waals surface area contributed by atoms with E-state index in [0.29, 0.717) is 12.3 Å². The number of nitrogens with one attached hydrogen (secondary N) is 2. The summed E-state index contributed by atoms with van der Waals surface area (Å²) in [5.41, 5.74) is 15.0. The first-order chi connectivity index (χ1) is 18.3. The number of unbranched alkanes of at least 4 members (excludes halogenated alkanes) is 4. The summed E-state index contributed by atoms with van der Waals surface area (Å²) < 4.78 is 4.55. The number of hydrogen-bond acceptors (Lipinski definition) is 6. The van der Waals surface area contributed by atoms with Crippen molar-refractivity contribution in [3.8, 4) is 0 Å². The van der Waals surface area contributed by atoms with Gasteiger partial charge in [0.15, 0.2) is 5.96 Å². The second kappa shape index (κ2) is 70.3. The third-order valence-electron chi connectivity index (χ3n) is 3.08. The molecule has 0 aromatic rings. The molecule has 8 N–H and O–H groups in total. The molecule has 0 aromatic carbocycles. The van der Waals surface area contributed by atoms with Crippen molar-refractivity contribution in [2.24, 2.45) is 27.2 Å². The molecule has 39 heavy (non-hydrogen) atoms. The molecule has 1 aliphatic heterocycles. The molecule has 10 nitrogen and oxygen atoms in total. The Balaban J connectivity index is -0.0000000469. The molecule has 10 heteroatoms. The Morgan fingerprint density at radius 3 is 1.21 bits per heavy atom. The van der Waals surface area contributed by atoms with Gasteiger partial charge in [0.25, 0.3) is 0 Å². The average molecular weight is 565 g/mol. The predicted octanol–water partition coefficient (Wildman–Crippen LogP) is 7.49. The zero-order chi connectivity index (χ0) is 32.9. The van der Waals surface area contributed by atoms with E-state index in [9.17, 15) is 4.79 Å². The van der Waals surface area contributed by atoms with Crippen molar-refractivity contribution in [2.75, 3.05) is 34.3 Å². The molecule has 0 radical (unpaired) electrons. The topological polar surface area (TPSA) is 180 Å². The summed E-state index contributed by atoms with van der Waals surface area (Å²) in [6, 6.07) is 0. The van der Waals surface area contributed by atoms with Crippen LogP contribution in [0.4, 0.5) is 4.79 Å². The molecule has 1 saturated heterocycles. The van der Waals surface area contributed by atoms with Crippen molar-refractivity contribution in [2.45, 2.75) is 128 Å². The van der Waals surface area contributed by atoms with Gasteiger partial charge < -0.3 is 37.7 Å². The number of ether oxygens (including phenoxy) is 1. The number of likely N-dealkylation sites (N-methyl/N-ethyl adjacent to an activating group) is 1. The Morgan fingerprint density at radius 1 is 0.923 bits per heavy atom. The van der Waals surface area contributed by atoms with Crippen molar-refractivity contribution in [1.29, 1.82) is 10.8 Å². The van der Waals surface area contributed by atoms with Crippen LogP contribution in [0.2, 0.25) is 0 Å². The van der Waals surface area contributed by atoms with E-state index >= 15 is 0 Å². The molecule has 1 rings (SSSR count). The number of guanidine groups is 1. The van der Waals surface area contributed by atoms with Gasteiger partial charge in [-0.3, -0.25) is 9.98 Å². The first-order valence-electron chi connectivity index (χ1n) is 14.2. The second-order valence-electron chi connectivity index (χ2n) is 7.94. The zero-order valence-corrected chi connectivity index (χ0v) is 28.6. The van der Waals surface area contributed by atoms with E-state index in [1.165, 1.54) is 71.0 Å². The molecule has 0 aliphatic carbocycles. The van der Waals surface area contributed by atoms with E-state index in [1.54, 1.807) is 39.8 Å². The quantitative estimate of drug-likeness (QED) is 0.175. The van der Waals surface area contributed by atoms with Gasteiger partial charge in [-0.2, -0.15) is 0 Å². The van der Waals surface area contributed by atoms with Crippen LogP contribution in [0.3, 0.4) is 0 Å². The smallest absolute Gasteiger partial charge is 0.409 e. The maximum Gasteiger partial charge on any atom is 0.409 e. The predicted molar refractivity (Wildman–Crippen MR) is 180 cm³/mol. The van der Waals surface area contributed by atoms with Crippen molar-refractivity contribution in [1.82, 2.24) is 4.90 Å². The summed E-state index contributed by atoms with van der Waals surface area (Å²) in [4.78, 5) is 18.6. The van der Waals surface area contributed by atoms with Crippen LogP contribution >= 0.6 is 0 Å². The van der Waals surface area contributed by atoms with Crippen LogP contribution in [0.25, 0.3) is 0 Å². The molecule has 0 atom stereocenters. The number of aliphatic imine (C=N–C) groups is 2. The Hall–Kier alpha value is -2.65. The molecule has 0 saturated carbocycles. The van der Waals surface area contributed by atoms with Crippen molar-refractivity contribution in [3.63, 3.8) is 0 Å². The molecule has 0 bridgehead atoms. The summed E-state index contributed by atoms with van der Waals surface area (Å²) in [6.45, 7) is 23.8. The van der Waals surface area contributed by atoms with E-state index in [1.807, 2.05) is 0 Å². The van der Waals surface area contributed by atoms with Crippen molar-refractivity contribution < 1.29 is 9.53 Å². The number of amides is 1. The Bertz CT molecular complexity index is 450. The number of carbonyl (C=O) groups excluding carboxylic acids is 1. The fourth-order valence-corrected chi connectivity index (χ4v) is 0.825. The number of nitrogens with zero attached hydrogens (tertiary/aromatic N) is 3. The first-order valence-corrected chi connectivity index (χ1v) is 14.2. The van der Waals surface area contributed by atoms with Gasteiger partial charge in [-0.15, -0.1) is 0 Å². The van der Waals surface area contributed by atoms with Gasteiger partial charge in [-0.05, 0) is 27.0 Å². The van der Waals surface area contributed by atoms with Gasteiger partial charge in [0.2, 0.25) is 0 Å². The summed E-state index contributed by atoms with van der Waals surface area (Å²) in [5.74, 6) is 0.130. The van der Waals surface area contributed by atoms with E-state index < -0.39 is 0 Å². The molecule has 1 amide bonds. The summed E-state index contributed by atoms with van der Waals surface area (Å²) in [7, 11) is 4.88. The summed E-state index contributed by atoms with van der Waals surface area (Å²) in [5, 5.41) is 12.6. The largest absolute Gasteiger partial charge is 0.448 e. The highest BCUT2D eigenvalue weighted by atomic mass is 16.6. The number of nitrogens with two attached hydrogens (primary N) is 3. The van der Waals surface area contributed by atoms with Crippen LogP contribution in [0.1, 0.15) is 128 Å². The normalized spacial score (nSPS) is 9.49. The molecule has 0 aromatic heterocycles. The van der Waals surface area contributed by atoms with Gasteiger partial charge in [0.05, 0.1) is 12.9 Å². The highest BCUT2D eigenvalue weighted by Crippen LogP contribution is 1.96. The second-order valence-corrected chi connectivity index (χ2v) is 7.94. The molecule has 0 unspecified atom stereocenters. The third kappa shape index (κ3) is 191. The zero-order valence-electron chi connectivity index (χ0n) is 28.6. The lowest BCUT2D eigenvalue weighted by Gasteiger charge is -1.98. The number of rotatable bonds is 4. The molecule has 1 aliphatic rings. The van der Waals surface area contributed by atoms with Crippen LogP contribution in [0.5, 0.6) is 0 Å². The molecule has 1 fully saturated rings. The van der Waals surface area contributed by atoms with Crippen LogP contribution < -0.4 is 17.2 Å². The summed E-state index contributed by atoms with van der Waals surface area (Å²) in [6.07, 6.45) is 12.9. The number of cyclic esters (lactones) is 1. The van der Waals surface area contributed by atoms with Gasteiger partial charge in [0, 0.05) is 26.9 Å². The summed E-state index contributed by atoms with van der Waals surface area (Å²) >= 11 is 0. The fourth-order valence-electron chi connectivity index (χ4n) is 0.825. The monoisotopic (exact) mass is 565 g/mol. The van der Waals surface area contributed by atoms with E-state index in [4.69, 9.17) is 28.0 Å². The molecule has 0 spiro atoms. The van der Waals surface area contributed by atoms with Gasteiger partial charge in [0.1, 0.15) is 6.61 Å². The average Bonchev–Trinajstić information content (AvgIpc) is 3.28. The Morgan fingerprint density at radius 2 is 1.18 bits per heavy atom. The molecule has 1 heterocycles. The Kier molecular flexibility index (Phi) is 102. The molecular formula is C29H72N8O2. The lowest BCUT2D eigenvalue weighted by Crippen LogP contribution is -2.21. The number of carbonyl (C=O) groups is 1. The highest BCUT2D eigenvalue weighted by Gasteiger charge is 2.15. The van der Waals surface area contributed by atoms with E-state index in [0.717, 1.165) is 6.54 Å². The number of hydrogen-bond donors (Lipinski definition) is 5. The van der Waals surface area contributed by atoms with Gasteiger partial charge in [-0.25, -0.2) is 4.79 Å². The first kappa shape index (κ1) is 56.5. The maximum absolute atomic E-state index is 10.3. The molecular weight excluding hydrogens is 492 g/mol. The SMILES string of the molecule is CC(C)=N.CC=N.CCC.CCCC.CCCC.CCCCC.CN1CCOC1=O.CN=C(N)N.CN=CN. The fraction of sp³-hybridized carbons (Fsp3) is 0.828. The van der Waals surface area contributed by atoms with E-state index in [2.05, 4.69) is 70.1 Å². The van der Waals surface area contributed by atoms with Crippen molar-refractivity contribution in [3.05, 3.63) is 0 Å². The standard InChI is InChI=1S/C5H12.C4H7NO2.2C4H10.C3H7N.C3H8.C2H7N3.C2H6N2.C2H5N/c1-3-5-4-2;1-5-2-3-7-4(5)6;2*1-3-4-2;1-3(2)4;1-3-2;1-5-2(3)4;1-4-2-3;1-2-3/h3-5H2,1-2H3;2-3H2,1H3;2*3-4H2,1-2H3;4H,1-2H3;3H2,1-2H3;1H3,(H4,3,4,5);2H,1H3,(H2,3,4);2-3H,1H3. The minimum absolute atomic E-state index is 0.130. The highest BCUT2D eigenvalue weighted by molar-refractivity contribution is 5.75. The Labute approximate surface area is 244 Å². The van der Waals surface area contributed by atoms with Crippen molar-refractivity contribution >= 4 is 30.3 Å². The van der Waals surface area contributed by atoms with Gasteiger partial charge >= 0.3 is 6.09 Å².